The Kier molecular flexibility index (Phi) is 18.6. The molecule has 4 saturated carbocycles. The van der Waals surface area contributed by atoms with Gasteiger partial charge in [0.25, 0.3) is 0 Å². The molecule has 1 aliphatic heterocycles. The SMILES string of the molecule is CCCCCCCCCCCC(=O)OC[C@@H](C)[C@@]1(O)[C@@H](O[C@@H]2OC[C@H](O)[C@H](O[C@@H]3CC[C@@H](O)[C@H](O)[C@H]3OC(=O)c3ccc(OC)cc3)[C@H]2OC(C)=O)CC2C3CC=C4C[C@@H](O)CC[C@]4(C)C3CC[C@@]21C. The van der Waals surface area contributed by atoms with Crippen LogP contribution in [0.15, 0.2) is 35.9 Å². The number of methoxy groups -OCH3 is 1. The van der Waals surface area contributed by atoms with Crippen LogP contribution in [0.2, 0.25) is 0 Å². The molecule has 0 bridgehead atoms. The number of aliphatic hydroxyl groups is 5. The van der Waals surface area contributed by atoms with E-state index < -0.39 is 84.0 Å². The van der Waals surface area contributed by atoms with E-state index in [2.05, 4.69) is 26.8 Å². The van der Waals surface area contributed by atoms with Gasteiger partial charge in [0.2, 0.25) is 0 Å². The maximum atomic E-state index is 13.6. The lowest BCUT2D eigenvalue weighted by molar-refractivity contribution is -0.321. The van der Waals surface area contributed by atoms with Crippen molar-refractivity contribution < 1.29 is 73.1 Å². The van der Waals surface area contributed by atoms with Crippen LogP contribution in [0, 0.1) is 34.5 Å². The molecule has 3 unspecified atom stereocenters. The van der Waals surface area contributed by atoms with Crippen molar-refractivity contribution in [3.05, 3.63) is 41.5 Å². The summed E-state index contributed by atoms with van der Waals surface area (Å²) in [6, 6.07) is 6.21. The molecule has 6 aliphatic rings. The van der Waals surface area contributed by atoms with Crippen LogP contribution in [0.1, 0.15) is 167 Å². The molecule has 1 aromatic carbocycles. The number of hydrogen-bond donors (Lipinski definition) is 5. The summed E-state index contributed by atoms with van der Waals surface area (Å²) in [6.45, 7) is 9.49. The number of unbranched alkanes of at least 4 members (excludes halogenated alkanes) is 8. The van der Waals surface area contributed by atoms with E-state index in [4.69, 9.17) is 33.2 Å². The molecule has 0 spiro atoms. The van der Waals surface area contributed by atoms with Crippen LogP contribution in [-0.2, 0) is 38.0 Å². The van der Waals surface area contributed by atoms with Crippen LogP contribution >= 0.6 is 0 Å². The lowest BCUT2D eigenvalue weighted by Gasteiger charge is -2.59. The van der Waals surface area contributed by atoms with E-state index in [-0.39, 0.29) is 60.9 Å². The molecule has 17 atom stereocenters. The maximum absolute atomic E-state index is 13.6. The fourth-order valence-corrected chi connectivity index (χ4v) is 13.7. The van der Waals surface area contributed by atoms with Gasteiger partial charge in [-0.1, -0.05) is 90.7 Å². The molecule has 0 amide bonds. The third kappa shape index (κ3) is 11.6. The highest BCUT2D eigenvalue weighted by molar-refractivity contribution is 5.89. The van der Waals surface area contributed by atoms with Crippen LogP contribution in [0.5, 0.6) is 5.75 Å². The van der Waals surface area contributed by atoms with Crippen molar-refractivity contribution in [2.45, 2.75) is 223 Å². The quantitative estimate of drug-likeness (QED) is 0.0354. The van der Waals surface area contributed by atoms with Gasteiger partial charge in [-0.3, -0.25) is 9.59 Å². The highest BCUT2D eigenvalue weighted by Crippen LogP contribution is 2.69. The van der Waals surface area contributed by atoms with Crippen molar-refractivity contribution in [3.8, 4) is 5.75 Å². The van der Waals surface area contributed by atoms with Crippen LogP contribution < -0.4 is 4.74 Å². The fraction of sp³-hybridized carbons (Fsp3) is 0.800. The van der Waals surface area contributed by atoms with Crippen molar-refractivity contribution >= 4 is 17.9 Å². The van der Waals surface area contributed by atoms with Gasteiger partial charge < -0.3 is 58.7 Å². The fourth-order valence-electron chi connectivity index (χ4n) is 13.7. The van der Waals surface area contributed by atoms with Crippen LogP contribution in [0.3, 0.4) is 0 Å². The van der Waals surface area contributed by atoms with Crippen molar-refractivity contribution in [1.29, 1.82) is 0 Å². The molecule has 15 nitrogen and oxygen atoms in total. The van der Waals surface area contributed by atoms with Crippen molar-refractivity contribution in [3.63, 3.8) is 0 Å². The first-order valence-electron chi connectivity index (χ1n) is 26.7. The van der Waals surface area contributed by atoms with E-state index in [9.17, 15) is 39.9 Å². The van der Waals surface area contributed by atoms with E-state index in [0.29, 0.717) is 37.4 Å². The number of benzene rings is 1. The molecule has 1 heterocycles. The maximum Gasteiger partial charge on any atom is 0.338 e. The first-order chi connectivity index (χ1) is 33.4. The van der Waals surface area contributed by atoms with E-state index >= 15 is 0 Å². The third-order valence-electron chi connectivity index (χ3n) is 17.8. The Morgan fingerprint density at radius 1 is 0.814 bits per heavy atom. The second-order valence-electron chi connectivity index (χ2n) is 22.2. The zero-order valence-corrected chi connectivity index (χ0v) is 42.6. The van der Waals surface area contributed by atoms with Gasteiger partial charge in [0.1, 0.15) is 29.7 Å². The summed E-state index contributed by atoms with van der Waals surface area (Å²) in [6.07, 6.45) is 6.28. The van der Waals surface area contributed by atoms with Gasteiger partial charge in [0.05, 0.1) is 50.3 Å². The topological polar surface area (TPSA) is 217 Å². The molecule has 5 fully saturated rings. The summed E-state index contributed by atoms with van der Waals surface area (Å²) in [5.74, 6) is -1.34. The largest absolute Gasteiger partial charge is 0.497 e. The zero-order valence-electron chi connectivity index (χ0n) is 42.6. The average molecular weight is 985 g/mol. The van der Waals surface area contributed by atoms with Gasteiger partial charge in [-0.05, 0) is 112 Å². The predicted octanol–water partition coefficient (Wildman–Crippen LogP) is 7.29. The standard InChI is InChI=1S/C55H84O15/c1-7-8-9-10-11-12-13-14-15-16-46(60)65-31-33(2)55(63)45(30-41-39-22-19-36-29-37(57)25-27-53(36,4)40(39)26-28-54(41,55)5)69-52-50(67-34(3)56)48(43(59)32-66-52)68-44-24-23-42(58)47(61)49(44)70-51(62)35-17-20-38(64-6)21-18-35/h17-21,33,37,39-45,47-50,52,57-59,61,63H,7-16,22-32H2,1-6H3/t33-,37+,39?,40?,41?,42-,43+,44-,45+,47+,48+,49+,50-,52+,53+,54+,55-/m1/s1. The van der Waals surface area contributed by atoms with Gasteiger partial charge in [-0.15, -0.1) is 0 Å². The molecule has 7 rings (SSSR count). The lowest BCUT2D eigenvalue weighted by Crippen LogP contribution is -2.63. The predicted molar refractivity (Wildman–Crippen MR) is 258 cm³/mol. The van der Waals surface area contributed by atoms with Gasteiger partial charge in [0, 0.05) is 24.7 Å². The Morgan fingerprint density at radius 3 is 2.20 bits per heavy atom. The van der Waals surface area contributed by atoms with E-state index in [1.54, 1.807) is 12.1 Å². The summed E-state index contributed by atoms with van der Waals surface area (Å²) in [5.41, 5.74) is -0.832. The molecular formula is C55H84O15. The summed E-state index contributed by atoms with van der Waals surface area (Å²) in [5, 5.41) is 57.8. The molecule has 0 radical (unpaired) electrons. The highest BCUT2D eigenvalue weighted by Gasteiger charge is 2.70. The zero-order chi connectivity index (χ0) is 50.4. The monoisotopic (exact) mass is 985 g/mol. The van der Waals surface area contributed by atoms with Crippen molar-refractivity contribution in [2.75, 3.05) is 20.3 Å². The molecule has 15 heteroatoms. The third-order valence-corrected chi connectivity index (χ3v) is 17.8. The van der Waals surface area contributed by atoms with E-state index in [1.165, 1.54) is 63.8 Å². The number of rotatable bonds is 21. The number of carbonyl (C=O) groups is 3. The summed E-state index contributed by atoms with van der Waals surface area (Å²) < 4.78 is 42.7. The first-order valence-corrected chi connectivity index (χ1v) is 26.7. The number of allylic oxidation sites excluding steroid dienone is 1. The van der Waals surface area contributed by atoms with E-state index in [0.717, 1.165) is 51.4 Å². The smallest absolute Gasteiger partial charge is 0.338 e. The molecule has 1 saturated heterocycles. The van der Waals surface area contributed by atoms with E-state index in [1.807, 2.05) is 6.92 Å². The second kappa shape index (κ2) is 23.8. The van der Waals surface area contributed by atoms with Gasteiger partial charge in [-0.2, -0.15) is 0 Å². The Bertz CT molecular complexity index is 1920. The Hall–Kier alpha value is -3.15. The average Bonchev–Trinajstić information content (AvgIpc) is 3.57. The lowest BCUT2D eigenvalue weighted by atomic mass is 9.46. The highest BCUT2D eigenvalue weighted by atomic mass is 16.7. The molecule has 5 aliphatic carbocycles. The molecule has 70 heavy (non-hydrogen) atoms. The number of carbonyl (C=O) groups excluding carboxylic acids is 3. The first kappa shape index (κ1) is 54.6. The second-order valence-corrected chi connectivity index (χ2v) is 22.2. The number of aliphatic hydroxyl groups excluding tert-OH is 4. The minimum Gasteiger partial charge on any atom is -0.497 e. The normalized spacial score (nSPS) is 38.6. The molecular weight excluding hydrogens is 901 g/mol. The molecule has 394 valence electrons. The minimum atomic E-state index is -1.56. The summed E-state index contributed by atoms with van der Waals surface area (Å²) >= 11 is 0. The number of fused-ring (bicyclic) bond motifs is 5. The molecule has 5 N–H and O–H groups in total. The minimum absolute atomic E-state index is 0.0208. The van der Waals surface area contributed by atoms with Crippen LogP contribution in [-0.4, -0.2) is 131 Å². The Balaban J connectivity index is 1.11. The summed E-state index contributed by atoms with van der Waals surface area (Å²) in [7, 11) is 1.50. The Labute approximate surface area is 415 Å². The Morgan fingerprint density at radius 2 is 1.51 bits per heavy atom. The number of esters is 3. The van der Waals surface area contributed by atoms with Crippen LogP contribution in [0.25, 0.3) is 0 Å². The van der Waals surface area contributed by atoms with Crippen molar-refractivity contribution in [2.24, 2.45) is 34.5 Å². The molecule has 1 aromatic rings. The van der Waals surface area contributed by atoms with Gasteiger partial charge >= 0.3 is 17.9 Å². The molecule has 0 aromatic heterocycles. The number of ether oxygens (including phenoxy) is 7. The van der Waals surface area contributed by atoms with Gasteiger partial charge in [-0.25, -0.2) is 4.79 Å². The van der Waals surface area contributed by atoms with Crippen molar-refractivity contribution in [1.82, 2.24) is 0 Å². The van der Waals surface area contributed by atoms with Crippen LogP contribution in [0.4, 0.5) is 0 Å². The number of hydrogen-bond acceptors (Lipinski definition) is 15. The summed E-state index contributed by atoms with van der Waals surface area (Å²) in [4.78, 5) is 39.6. The van der Waals surface area contributed by atoms with Gasteiger partial charge in [0.15, 0.2) is 18.5 Å².